The molecular weight excluding hydrogens is 350 g/mol. The quantitative estimate of drug-likeness (QED) is 0.520. The molecule has 0 spiro atoms. The Morgan fingerprint density at radius 3 is 2.71 bits per heavy atom. The van der Waals surface area contributed by atoms with Crippen molar-refractivity contribution in [2.24, 2.45) is 16.8 Å². The first kappa shape index (κ1) is 20.6. The van der Waals surface area contributed by atoms with E-state index in [-0.39, 0.29) is 11.8 Å². The summed E-state index contributed by atoms with van der Waals surface area (Å²) >= 11 is 0. The summed E-state index contributed by atoms with van der Waals surface area (Å²) in [6.45, 7) is 12.5. The van der Waals surface area contributed by atoms with Crippen molar-refractivity contribution in [2.45, 2.75) is 39.5 Å². The van der Waals surface area contributed by atoms with Crippen LogP contribution in [0, 0.1) is 11.8 Å². The van der Waals surface area contributed by atoms with Gasteiger partial charge in [-0.05, 0) is 36.8 Å². The van der Waals surface area contributed by atoms with Crippen LogP contribution in [0.1, 0.15) is 45.1 Å². The van der Waals surface area contributed by atoms with E-state index in [4.69, 9.17) is 4.99 Å². The van der Waals surface area contributed by atoms with Crippen LogP contribution in [-0.4, -0.2) is 56.0 Å². The maximum absolute atomic E-state index is 12.0. The number of amides is 1. The number of carbonyl (C=O) groups is 1. The molecule has 1 saturated heterocycles. The van der Waals surface area contributed by atoms with Crippen molar-refractivity contribution in [3.63, 3.8) is 0 Å². The Morgan fingerprint density at radius 2 is 1.96 bits per heavy atom. The highest BCUT2D eigenvalue weighted by atomic mass is 16.1. The van der Waals surface area contributed by atoms with E-state index in [0.29, 0.717) is 13.0 Å². The first-order valence-corrected chi connectivity index (χ1v) is 10.7. The molecule has 0 aliphatic carbocycles. The fourth-order valence-corrected chi connectivity index (χ4v) is 4.51. The van der Waals surface area contributed by atoms with Crippen LogP contribution < -0.4 is 16.0 Å². The summed E-state index contributed by atoms with van der Waals surface area (Å²) in [5, 5.41) is 9.76. The number of nitrogens with one attached hydrogen (secondary N) is 3. The minimum atomic E-state index is 0.0743. The number of para-hydroxylation sites is 1. The molecule has 2 aliphatic rings. The van der Waals surface area contributed by atoms with Gasteiger partial charge in [0.1, 0.15) is 0 Å². The molecule has 0 bridgehead atoms. The molecule has 0 aromatic heterocycles. The average molecular weight is 386 g/mol. The Bertz CT molecular complexity index is 679. The Balaban J connectivity index is 1.55. The van der Waals surface area contributed by atoms with Gasteiger partial charge in [-0.2, -0.15) is 0 Å². The van der Waals surface area contributed by atoms with Crippen LogP contribution in [0.4, 0.5) is 5.69 Å². The second kappa shape index (κ2) is 9.92. The molecule has 154 valence electrons. The molecule has 28 heavy (non-hydrogen) atoms. The lowest BCUT2D eigenvalue weighted by atomic mass is 9.91. The van der Waals surface area contributed by atoms with Gasteiger partial charge < -0.3 is 20.9 Å². The van der Waals surface area contributed by atoms with Gasteiger partial charge in [-0.3, -0.25) is 9.79 Å². The maximum Gasteiger partial charge on any atom is 0.225 e. The normalized spacial score (nSPS) is 25.8. The van der Waals surface area contributed by atoms with Crippen molar-refractivity contribution < 1.29 is 4.79 Å². The number of piperidine rings is 1. The lowest BCUT2D eigenvalue weighted by molar-refractivity contribution is -0.116. The second-order valence-electron chi connectivity index (χ2n) is 8.39. The van der Waals surface area contributed by atoms with Gasteiger partial charge in [0.15, 0.2) is 5.96 Å². The molecule has 0 saturated carbocycles. The molecule has 3 atom stereocenters. The van der Waals surface area contributed by atoms with E-state index in [1.807, 2.05) is 18.2 Å². The van der Waals surface area contributed by atoms with Crippen molar-refractivity contribution in [3.8, 4) is 0 Å². The first-order chi connectivity index (χ1) is 13.5. The summed E-state index contributed by atoms with van der Waals surface area (Å²) in [6, 6.07) is 8.04. The van der Waals surface area contributed by atoms with Crippen molar-refractivity contribution in [2.75, 3.05) is 44.6 Å². The number of rotatable bonds is 6. The molecule has 2 aliphatic heterocycles. The number of carbonyl (C=O) groups excluding carboxylic acids is 1. The van der Waals surface area contributed by atoms with E-state index in [1.165, 1.54) is 25.1 Å². The first-order valence-electron chi connectivity index (χ1n) is 10.7. The van der Waals surface area contributed by atoms with Crippen LogP contribution in [0.2, 0.25) is 0 Å². The summed E-state index contributed by atoms with van der Waals surface area (Å²) in [4.78, 5) is 19.3. The smallest absolute Gasteiger partial charge is 0.225 e. The van der Waals surface area contributed by atoms with Crippen LogP contribution >= 0.6 is 0 Å². The molecule has 1 fully saturated rings. The highest BCUT2D eigenvalue weighted by molar-refractivity contribution is 5.94. The molecule has 3 N–H and O–H groups in total. The van der Waals surface area contributed by atoms with Crippen molar-refractivity contribution >= 4 is 17.6 Å². The van der Waals surface area contributed by atoms with Crippen LogP contribution in [0.25, 0.3) is 0 Å². The lowest BCUT2D eigenvalue weighted by Gasteiger charge is -2.35. The molecule has 1 amide bonds. The molecule has 6 nitrogen and oxygen atoms in total. The molecule has 3 unspecified atom stereocenters. The van der Waals surface area contributed by atoms with E-state index >= 15 is 0 Å². The summed E-state index contributed by atoms with van der Waals surface area (Å²) in [5.74, 6) is 2.60. The molecule has 6 heteroatoms. The number of guanidine groups is 1. The predicted octanol–water partition coefficient (Wildman–Crippen LogP) is 2.65. The van der Waals surface area contributed by atoms with Crippen LogP contribution in [0.5, 0.6) is 0 Å². The zero-order chi connectivity index (χ0) is 19.9. The molecular formula is C22H35N5O. The third-order valence-electron chi connectivity index (χ3n) is 5.59. The van der Waals surface area contributed by atoms with Crippen LogP contribution in [0.3, 0.4) is 0 Å². The topological polar surface area (TPSA) is 68.8 Å². The maximum atomic E-state index is 12.0. The van der Waals surface area contributed by atoms with E-state index in [2.05, 4.69) is 47.7 Å². The SMILES string of the molecule is CCNC(=NCC1CC(=O)Nc2ccccc21)NCCN1CC(C)CC(C)C1. The standard InChI is InChI=1S/C22H35N5O/c1-4-23-22(24-9-10-27-14-16(2)11-17(3)15-27)25-13-18-12-21(28)26-20-8-6-5-7-19(18)20/h5-8,16-18H,4,9-15H2,1-3H3,(H,26,28)(H2,23,24,25). The average Bonchev–Trinajstić information content (AvgIpc) is 2.65. The number of anilines is 1. The van der Waals surface area contributed by atoms with Gasteiger partial charge in [0.2, 0.25) is 5.91 Å². The van der Waals surface area contributed by atoms with Gasteiger partial charge in [0, 0.05) is 50.7 Å². The van der Waals surface area contributed by atoms with Gasteiger partial charge in [-0.25, -0.2) is 0 Å². The van der Waals surface area contributed by atoms with E-state index in [9.17, 15) is 4.79 Å². The van der Waals surface area contributed by atoms with Crippen LogP contribution in [0.15, 0.2) is 29.3 Å². The van der Waals surface area contributed by atoms with Crippen LogP contribution in [-0.2, 0) is 4.79 Å². The Morgan fingerprint density at radius 1 is 1.21 bits per heavy atom. The molecule has 1 aromatic rings. The fourth-order valence-electron chi connectivity index (χ4n) is 4.51. The zero-order valence-electron chi connectivity index (χ0n) is 17.5. The van der Waals surface area contributed by atoms with Crippen molar-refractivity contribution in [3.05, 3.63) is 29.8 Å². The monoisotopic (exact) mass is 385 g/mol. The third kappa shape index (κ3) is 5.71. The zero-order valence-corrected chi connectivity index (χ0v) is 17.5. The molecule has 3 rings (SSSR count). The Kier molecular flexibility index (Phi) is 7.31. The predicted molar refractivity (Wildman–Crippen MR) is 116 cm³/mol. The largest absolute Gasteiger partial charge is 0.357 e. The summed E-state index contributed by atoms with van der Waals surface area (Å²) in [7, 11) is 0. The van der Waals surface area contributed by atoms with Crippen molar-refractivity contribution in [1.29, 1.82) is 0 Å². The van der Waals surface area contributed by atoms with Gasteiger partial charge in [0.05, 0.1) is 6.54 Å². The summed E-state index contributed by atoms with van der Waals surface area (Å²) in [5.41, 5.74) is 2.10. The molecule has 0 radical (unpaired) electrons. The van der Waals surface area contributed by atoms with Gasteiger partial charge >= 0.3 is 0 Å². The highest BCUT2D eigenvalue weighted by Crippen LogP contribution is 2.31. The minimum absolute atomic E-state index is 0.0743. The highest BCUT2D eigenvalue weighted by Gasteiger charge is 2.24. The van der Waals surface area contributed by atoms with Gasteiger partial charge in [-0.1, -0.05) is 32.0 Å². The fraction of sp³-hybridized carbons (Fsp3) is 0.636. The van der Waals surface area contributed by atoms with Gasteiger partial charge in [-0.15, -0.1) is 0 Å². The van der Waals surface area contributed by atoms with E-state index < -0.39 is 0 Å². The van der Waals surface area contributed by atoms with Crippen molar-refractivity contribution in [1.82, 2.24) is 15.5 Å². The lowest BCUT2D eigenvalue weighted by Crippen LogP contribution is -2.45. The van der Waals surface area contributed by atoms with Gasteiger partial charge in [0.25, 0.3) is 0 Å². The van der Waals surface area contributed by atoms with E-state index in [0.717, 1.165) is 43.1 Å². The number of hydrogen-bond acceptors (Lipinski definition) is 3. The molecule has 2 heterocycles. The second-order valence-corrected chi connectivity index (χ2v) is 8.39. The number of fused-ring (bicyclic) bond motifs is 1. The minimum Gasteiger partial charge on any atom is -0.357 e. The summed E-state index contributed by atoms with van der Waals surface area (Å²) in [6.07, 6.45) is 1.83. The van der Waals surface area contributed by atoms with E-state index in [1.54, 1.807) is 0 Å². The number of hydrogen-bond donors (Lipinski definition) is 3. The summed E-state index contributed by atoms with van der Waals surface area (Å²) < 4.78 is 0. The Labute approximate surface area is 169 Å². The number of aliphatic imine (C=N–C) groups is 1. The number of likely N-dealkylation sites (tertiary alicyclic amines) is 1. The third-order valence-corrected chi connectivity index (χ3v) is 5.59. The molecule has 1 aromatic carbocycles. The Hall–Kier alpha value is -2.08. The number of benzene rings is 1. The number of nitrogens with zero attached hydrogens (tertiary/aromatic N) is 2.